The van der Waals surface area contributed by atoms with Crippen LogP contribution in [0.15, 0.2) is 6.33 Å². The van der Waals surface area contributed by atoms with Crippen molar-refractivity contribution < 1.29 is 4.79 Å². The fourth-order valence-corrected chi connectivity index (χ4v) is 0.944. The number of nitrogens with zero attached hydrogens (tertiary/aromatic N) is 4. The normalized spacial score (nSPS) is 9.54. The Morgan fingerprint density at radius 1 is 1.77 bits per heavy atom. The van der Waals surface area contributed by atoms with Crippen LogP contribution in [-0.2, 0) is 11.3 Å². The Morgan fingerprint density at radius 3 is 3.08 bits per heavy atom. The molecular weight excluding hydrogens is 168 g/mol. The number of carbonyl (C=O) groups is 1. The summed E-state index contributed by atoms with van der Waals surface area (Å²) in [5, 5.41) is 12.3. The average Bonchev–Trinajstić information content (AvgIpc) is 2.52. The van der Waals surface area contributed by atoms with Crippen LogP contribution in [0.4, 0.5) is 0 Å². The zero-order valence-corrected chi connectivity index (χ0v) is 7.40. The summed E-state index contributed by atoms with van der Waals surface area (Å²) in [6, 6.07) is 1.84. The smallest absolute Gasteiger partial charge is 0.252 e. The molecule has 1 aromatic heterocycles. The molecule has 68 valence electrons. The Labute approximate surface area is 76.0 Å². The van der Waals surface area contributed by atoms with Crippen LogP contribution in [0.1, 0.15) is 25.6 Å². The van der Waals surface area contributed by atoms with Crippen LogP contribution in [0.3, 0.4) is 0 Å². The summed E-state index contributed by atoms with van der Waals surface area (Å²) in [5.74, 6) is 0.337. The lowest BCUT2D eigenvalue weighted by Gasteiger charge is -1.96. The van der Waals surface area contributed by atoms with Gasteiger partial charge in [-0.05, 0) is 13.3 Å². The quantitative estimate of drug-likeness (QED) is 0.673. The van der Waals surface area contributed by atoms with Crippen molar-refractivity contribution in [3.05, 3.63) is 12.2 Å². The van der Waals surface area contributed by atoms with E-state index in [0.717, 1.165) is 6.42 Å². The molecule has 5 heteroatoms. The van der Waals surface area contributed by atoms with Gasteiger partial charge in [-0.3, -0.25) is 4.68 Å². The molecule has 0 N–H and O–H groups in total. The summed E-state index contributed by atoms with van der Waals surface area (Å²) in [4.78, 5) is 14.3. The second kappa shape index (κ2) is 4.36. The molecule has 0 bridgehead atoms. The highest BCUT2D eigenvalue weighted by atomic mass is 16.1. The zero-order valence-electron chi connectivity index (χ0n) is 7.40. The number of hydrogen-bond donors (Lipinski definition) is 0. The molecule has 0 atom stereocenters. The Hall–Kier alpha value is -1.70. The van der Waals surface area contributed by atoms with Gasteiger partial charge in [-0.2, -0.15) is 5.26 Å². The summed E-state index contributed by atoms with van der Waals surface area (Å²) in [6.45, 7) is 2.19. The molecule has 0 fully saturated rings. The highest BCUT2D eigenvalue weighted by Gasteiger charge is 1.99. The van der Waals surface area contributed by atoms with Gasteiger partial charge in [0.1, 0.15) is 18.2 Å². The van der Waals surface area contributed by atoms with E-state index in [4.69, 9.17) is 5.26 Å². The molecule has 1 heterocycles. The standard InChI is InChI=1S/C8H10N4O/c1-7(13)3-2-4-12-6-10-8(5-9)11-12/h6H,2-4H2,1H3. The van der Waals surface area contributed by atoms with Crippen molar-refractivity contribution in [1.29, 1.82) is 5.26 Å². The van der Waals surface area contributed by atoms with E-state index in [2.05, 4.69) is 10.1 Å². The molecule has 0 amide bonds. The SMILES string of the molecule is CC(=O)CCCn1cnc(C#N)n1. The fourth-order valence-electron chi connectivity index (χ4n) is 0.944. The van der Waals surface area contributed by atoms with Crippen molar-refractivity contribution in [1.82, 2.24) is 14.8 Å². The predicted octanol–water partition coefficient (Wildman–Crippen LogP) is 0.519. The van der Waals surface area contributed by atoms with Crippen LogP contribution in [0.2, 0.25) is 0 Å². The van der Waals surface area contributed by atoms with Gasteiger partial charge in [-0.1, -0.05) is 0 Å². The predicted molar refractivity (Wildman–Crippen MR) is 44.7 cm³/mol. The van der Waals surface area contributed by atoms with E-state index in [1.54, 1.807) is 11.6 Å². The largest absolute Gasteiger partial charge is 0.300 e. The summed E-state index contributed by atoms with van der Waals surface area (Å²) in [5.41, 5.74) is 0. The maximum atomic E-state index is 10.6. The van der Waals surface area contributed by atoms with Gasteiger partial charge in [-0.15, -0.1) is 5.10 Å². The number of carbonyl (C=O) groups excluding carboxylic acids is 1. The molecule has 0 aliphatic heterocycles. The van der Waals surface area contributed by atoms with Crippen molar-refractivity contribution in [2.45, 2.75) is 26.3 Å². The minimum Gasteiger partial charge on any atom is -0.300 e. The first-order valence-electron chi connectivity index (χ1n) is 4.01. The highest BCUT2D eigenvalue weighted by Crippen LogP contribution is 1.95. The summed E-state index contributed by atoms with van der Waals surface area (Å²) in [6.07, 6.45) is 2.78. The van der Waals surface area contributed by atoms with Crippen LogP contribution in [0.5, 0.6) is 0 Å². The van der Waals surface area contributed by atoms with Gasteiger partial charge < -0.3 is 4.79 Å². The van der Waals surface area contributed by atoms with Gasteiger partial charge in [0.2, 0.25) is 0 Å². The lowest BCUT2D eigenvalue weighted by atomic mass is 10.2. The Morgan fingerprint density at radius 2 is 2.54 bits per heavy atom. The summed E-state index contributed by atoms with van der Waals surface area (Å²) < 4.78 is 1.57. The van der Waals surface area contributed by atoms with E-state index < -0.39 is 0 Å². The lowest BCUT2D eigenvalue weighted by molar-refractivity contribution is -0.117. The van der Waals surface area contributed by atoms with Crippen molar-refractivity contribution in [3.8, 4) is 6.07 Å². The Bertz CT molecular complexity index is 336. The van der Waals surface area contributed by atoms with Crippen molar-refractivity contribution in [3.63, 3.8) is 0 Å². The Balaban J connectivity index is 2.38. The molecule has 0 aromatic carbocycles. The van der Waals surface area contributed by atoms with E-state index in [1.807, 2.05) is 6.07 Å². The third kappa shape index (κ3) is 3.03. The highest BCUT2D eigenvalue weighted by molar-refractivity contribution is 5.75. The van der Waals surface area contributed by atoms with Gasteiger partial charge >= 0.3 is 0 Å². The Kier molecular flexibility index (Phi) is 3.15. The second-order valence-corrected chi connectivity index (χ2v) is 2.75. The van der Waals surface area contributed by atoms with Crippen LogP contribution in [0, 0.1) is 11.3 Å². The average molecular weight is 178 g/mol. The topological polar surface area (TPSA) is 71.6 Å². The fraction of sp³-hybridized carbons (Fsp3) is 0.500. The molecule has 13 heavy (non-hydrogen) atoms. The minimum atomic E-state index is 0.167. The second-order valence-electron chi connectivity index (χ2n) is 2.75. The monoisotopic (exact) mass is 178 g/mol. The first-order valence-corrected chi connectivity index (χ1v) is 4.01. The zero-order chi connectivity index (χ0) is 9.68. The van der Waals surface area contributed by atoms with Gasteiger partial charge in [0.25, 0.3) is 5.82 Å². The van der Waals surface area contributed by atoms with Crippen LogP contribution >= 0.6 is 0 Å². The maximum Gasteiger partial charge on any atom is 0.252 e. The van der Waals surface area contributed by atoms with E-state index >= 15 is 0 Å². The molecule has 0 aliphatic carbocycles. The summed E-state index contributed by atoms with van der Waals surface area (Å²) >= 11 is 0. The number of aryl methyl sites for hydroxylation is 1. The van der Waals surface area contributed by atoms with Gasteiger partial charge in [0.15, 0.2) is 0 Å². The first-order chi connectivity index (χ1) is 6.22. The maximum absolute atomic E-state index is 10.6. The summed E-state index contributed by atoms with van der Waals surface area (Å²) in [7, 11) is 0. The van der Waals surface area contributed by atoms with Crippen LogP contribution in [-0.4, -0.2) is 20.5 Å². The van der Waals surface area contributed by atoms with E-state index in [1.165, 1.54) is 6.33 Å². The molecule has 0 spiro atoms. The van der Waals surface area contributed by atoms with E-state index in [-0.39, 0.29) is 11.6 Å². The molecule has 5 nitrogen and oxygen atoms in total. The van der Waals surface area contributed by atoms with Gasteiger partial charge in [-0.25, -0.2) is 4.98 Å². The van der Waals surface area contributed by atoms with Crippen LogP contribution in [0.25, 0.3) is 0 Å². The number of rotatable bonds is 4. The van der Waals surface area contributed by atoms with Gasteiger partial charge in [0.05, 0.1) is 0 Å². The molecule has 0 aliphatic rings. The number of hydrogen-bond acceptors (Lipinski definition) is 4. The van der Waals surface area contributed by atoms with E-state index in [9.17, 15) is 4.79 Å². The van der Waals surface area contributed by atoms with Crippen LogP contribution < -0.4 is 0 Å². The molecule has 0 radical (unpaired) electrons. The molecule has 0 saturated carbocycles. The third-order valence-corrected chi connectivity index (χ3v) is 1.55. The van der Waals surface area contributed by atoms with E-state index in [0.29, 0.717) is 13.0 Å². The molecule has 0 saturated heterocycles. The number of ketones is 1. The number of aromatic nitrogens is 3. The van der Waals surface area contributed by atoms with Crippen molar-refractivity contribution >= 4 is 5.78 Å². The minimum absolute atomic E-state index is 0.167. The number of Topliss-reactive ketones (excluding diaryl/α,β-unsaturated/α-hetero) is 1. The molecular formula is C8H10N4O. The third-order valence-electron chi connectivity index (χ3n) is 1.55. The first kappa shape index (κ1) is 9.39. The van der Waals surface area contributed by atoms with Crippen molar-refractivity contribution in [2.75, 3.05) is 0 Å². The molecule has 1 aromatic rings. The number of nitriles is 1. The van der Waals surface area contributed by atoms with Crippen molar-refractivity contribution in [2.24, 2.45) is 0 Å². The van der Waals surface area contributed by atoms with Gasteiger partial charge in [0, 0.05) is 13.0 Å². The lowest BCUT2D eigenvalue weighted by Crippen LogP contribution is -2.01. The molecule has 1 rings (SSSR count). The molecule has 0 unspecified atom stereocenters.